The van der Waals surface area contributed by atoms with E-state index in [1.54, 1.807) is 6.20 Å². The molecule has 2 rings (SSSR count). The fourth-order valence-corrected chi connectivity index (χ4v) is 2.08. The summed E-state index contributed by atoms with van der Waals surface area (Å²) in [6.45, 7) is 1.82. The Morgan fingerprint density at radius 3 is 2.68 bits per heavy atom. The number of carboxylic acids is 1. The number of hydrogen-bond donors (Lipinski definition) is 2. The third-order valence-electron chi connectivity index (χ3n) is 2.41. The monoisotopic (exact) mass is 277 g/mol. The minimum Gasteiger partial charge on any atom is -0.478 e. The van der Waals surface area contributed by atoms with Crippen LogP contribution in [0.3, 0.4) is 0 Å². The van der Waals surface area contributed by atoms with Crippen molar-refractivity contribution < 1.29 is 14.7 Å². The van der Waals surface area contributed by atoms with Crippen LogP contribution in [0.15, 0.2) is 29.9 Å². The average Bonchev–Trinajstić information content (AvgIpc) is 2.92. The van der Waals surface area contributed by atoms with Gasteiger partial charge in [-0.1, -0.05) is 0 Å². The quantitative estimate of drug-likeness (QED) is 0.887. The van der Waals surface area contributed by atoms with E-state index in [-0.39, 0.29) is 23.2 Å². The summed E-state index contributed by atoms with van der Waals surface area (Å²) in [6.07, 6.45) is 2.83. The Balaban J connectivity index is 2.05. The third-order valence-corrected chi connectivity index (χ3v) is 3.37. The molecular weight excluding hydrogens is 266 g/mol. The molecule has 0 radical (unpaired) electrons. The van der Waals surface area contributed by atoms with Crippen LogP contribution in [0.4, 0.5) is 0 Å². The summed E-state index contributed by atoms with van der Waals surface area (Å²) in [5.74, 6) is -1.43. The molecule has 2 heterocycles. The van der Waals surface area contributed by atoms with Gasteiger partial charge in [0.1, 0.15) is 10.7 Å². The predicted molar refractivity (Wildman–Crippen MR) is 69.2 cm³/mol. The third kappa shape index (κ3) is 3.14. The summed E-state index contributed by atoms with van der Waals surface area (Å²) in [7, 11) is 0. The maximum absolute atomic E-state index is 11.9. The Morgan fingerprint density at radius 2 is 2.16 bits per heavy atom. The molecule has 0 aromatic carbocycles. The van der Waals surface area contributed by atoms with Crippen LogP contribution in [-0.4, -0.2) is 27.0 Å². The number of pyridine rings is 1. The molecule has 0 aliphatic heterocycles. The van der Waals surface area contributed by atoms with Crippen LogP contribution in [0, 0.1) is 0 Å². The van der Waals surface area contributed by atoms with Crippen LogP contribution in [-0.2, 0) is 0 Å². The van der Waals surface area contributed by atoms with Crippen molar-refractivity contribution in [2.75, 3.05) is 0 Å². The van der Waals surface area contributed by atoms with Crippen LogP contribution in [0.2, 0.25) is 0 Å². The minimum atomic E-state index is -1.07. The molecule has 0 aliphatic carbocycles. The van der Waals surface area contributed by atoms with Gasteiger partial charge in [-0.05, 0) is 19.1 Å². The van der Waals surface area contributed by atoms with Gasteiger partial charge in [-0.2, -0.15) is 0 Å². The first-order valence-corrected chi connectivity index (χ1v) is 6.35. The van der Waals surface area contributed by atoms with Crippen molar-refractivity contribution in [2.24, 2.45) is 0 Å². The van der Waals surface area contributed by atoms with Gasteiger partial charge >= 0.3 is 5.97 Å². The Bertz CT molecular complexity index is 581. The van der Waals surface area contributed by atoms with E-state index in [0.29, 0.717) is 0 Å². The van der Waals surface area contributed by atoms with Gasteiger partial charge in [-0.15, -0.1) is 11.3 Å². The number of hydrogen-bond acceptors (Lipinski definition) is 5. The first-order chi connectivity index (χ1) is 9.08. The van der Waals surface area contributed by atoms with Crippen molar-refractivity contribution in [3.05, 3.63) is 46.2 Å². The lowest BCUT2D eigenvalue weighted by Crippen LogP contribution is -2.27. The second kappa shape index (κ2) is 5.57. The molecule has 1 atom stereocenters. The summed E-state index contributed by atoms with van der Waals surface area (Å²) in [5, 5.41) is 14.1. The summed E-state index contributed by atoms with van der Waals surface area (Å²) in [6, 6.07) is 2.51. The van der Waals surface area contributed by atoms with Gasteiger partial charge in [0.15, 0.2) is 0 Å². The predicted octanol–water partition coefficient (Wildman–Crippen LogP) is 1.73. The Kier molecular flexibility index (Phi) is 3.86. The Morgan fingerprint density at radius 1 is 1.37 bits per heavy atom. The van der Waals surface area contributed by atoms with E-state index < -0.39 is 5.97 Å². The standard InChI is InChI=1S/C12H11N3O3S/c1-7(11-13-4-5-19-11)15-10(16)9-3-2-8(6-14-9)12(17)18/h2-7H,1H3,(H,15,16)(H,17,18). The van der Waals surface area contributed by atoms with Gasteiger partial charge < -0.3 is 10.4 Å². The summed E-state index contributed by atoms with van der Waals surface area (Å²) >= 11 is 1.45. The van der Waals surface area contributed by atoms with Crippen molar-refractivity contribution in [1.82, 2.24) is 15.3 Å². The maximum atomic E-state index is 11.9. The smallest absolute Gasteiger partial charge is 0.337 e. The topological polar surface area (TPSA) is 92.2 Å². The lowest BCUT2D eigenvalue weighted by atomic mass is 10.2. The highest BCUT2D eigenvalue weighted by molar-refractivity contribution is 7.09. The van der Waals surface area contributed by atoms with Gasteiger partial charge in [-0.25, -0.2) is 9.78 Å². The number of carbonyl (C=O) groups excluding carboxylic acids is 1. The Hall–Kier alpha value is -2.28. The molecule has 2 aromatic heterocycles. The normalized spacial score (nSPS) is 11.8. The Labute approximate surface area is 113 Å². The molecule has 0 fully saturated rings. The molecule has 0 spiro atoms. The maximum Gasteiger partial charge on any atom is 0.337 e. The zero-order valence-corrected chi connectivity index (χ0v) is 10.8. The number of thiazole rings is 1. The molecule has 7 heteroatoms. The van der Waals surface area contributed by atoms with Crippen molar-refractivity contribution in [2.45, 2.75) is 13.0 Å². The number of carboxylic acid groups (broad SMARTS) is 1. The van der Waals surface area contributed by atoms with Gasteiger partial charge in [0, 0.05) is 17.8 Å². The van der Waals surface area contributed by atoms with Crippen molar-refractivity contribution in [1.29, 1.82) is 0 Å². The first-order valence-electron chi connectivity index (χ1n) is 5.47. The van der Waals surface area contributed by atoms with Gasteiger partial charge in [0.25, 0.3) is 5.91 Å². The molecule has 19 heavy (non-hydrogen) atoms. The average molecular weight is 277 g/mol. The second-order valence-electron chi connectivity index (χ2n) is 3.80. The molecule has 2 aromatic rings. The second-order valence-corrected chi connectivity index (χ2v) is 4.73. The number of rotatable bonds is 4. The van der Waals surface area contributed by atoms with E-state index in [1.165, 1.54) is 23.5 Å². The van der Waals surface area contributed by atoms with Gasteiger partial charge in [0.2, 0.25) is 0 Å². The number of carbonyl (C=O) groups is 2. The molecule has 0 saturated carbocycles. The first kappa shape index (κ1) is 13.2. The lowest BCUT2D eigenvalue weighted by Gasteiger charge is -2.10. The van der Waals surface area contributed by atoms with E-state index in [2.05, 4.69) is 15.3 Å². The molecule has 2 N–H and O–H groups in total. The molecule has 0 aliphatic rings. The molecule has 0 saturated heterocycles. The number of aromatic carboxylic acids is 1. The fraction of sp³-hybridized carbons (Fsp3) is 0.167. The van der Waals surface area contributed by atoms with E-state index in [4.69, 9.17) is 5.11 Å². The SMILES string of the molecule is CC(NC(=O)c1ccc(C(=O)O)cn1)c1nccs1. The van der Waals surface area contributed by atoms with Gasteiger partial charge in [0.05, 0.1) is 11.6 Å². The number of aromatic nitrogens is 2. The molecule has 1 unspecified atom stereocenters. The van der Waals surface area contributed by atoms with Crippen LogP contribution in [0.5, 0.6) is 0 Å². The number of amides is 1. The van der Waals surface area contributed by atoms with Gasteiger partial charge in [-0.3, -0.25) is 9.78 Å². The lowest BCUT2D eigenvalue weighted by molar-refractivity contribution is 0.0695. The number of nitrogens with zero attached hydrogens (tertiary/aromatic N) is 2. The highest BCUT2D eigenvalue weighted by Crippen LogP contribution is 2.15. The van der Waals surface area contributed by atoms with Crippen molar-refractivity contribution >= 4 is 23.2 Å². The fourth-order valence-electron chi connectivity index (χ4n) is 1.44. The van der Waals surface area contributed by atoms with E-state index >= 15 is 0 Å². The van der Waals surface area contributed by atoms with E-state index in [0.717, 1.165) is 11.2 Å². The highest BCUT2D eigenvalue weighted by atomic mass is 32.1. The minimum absolute atomic E-state index is 0.0459. The zero-order chi connectivity index (χ0) is 13.8. The van der Waals surface area contributed by atoms with Crippen LogP contribution in [0.1, 0.15) is 38.8 Å². The number of nitrogens with one attached hydrogen (secondary N) is 1. The highest BCUT2D eigenvalue weighted by Gasteiger charge is 2.14. The molecule has 0 bridgehead atoms. The van der Waals surface area contributed by atoms with Crippen LogP contribution >= 0.6 is 11.3 Å². The molecule has 1 amide bonds. The summed E-state index contributed by atoms with van der Waals surface area (Å²) in [4.78, 5) is 30.5. The van der Waals surface area contributed by atoms with Crippen molar-refractivity contribution in [3.8, 4) is 0 Å². The van der Waals surface area contributed by atoms with E-state index in [1.807, 2.05) is 12.3 Å². The molecular formula is C12H11N3O3S. The summed E-state index contributed by atoms with van der Waals surface area (Å²) in [5.41, 5.74) is 0.220. The van der Waals surface area contributed by atoms with Crippen LogP contribution < -0.4 is 5.32 Å². The largest absolute Gasteiger partial charge is 0.478 e. The van der Waals surface area contributed by atoms with Crippen molar-refractivity contribution in [3.63, 3.8) is 0 Å². The van der Waals surface area contributed by atoms with Crippen LogP contribution in [0.25, 0.3) is 0 Å². The summed E-state index contributed by atoms with van der Waals surface area (Å²) < 4.78 is 0. The molecule has 98 valence electrons. The van der Waals surface area contributed by atoms with E-state index in [9.17, 15) is 9.59 Å². The zero-order valence-electron chi connectivity index (χ0n) is 10.0. The molecule has 6 nitrogen and oxygen atoms in total.